The molecule has 3 rings (SSSR count). The van der Waals surface area contributed by atoms with Crippen molar-refractivity contribution in [1.82, 2.24) is 10.3 Å². The Hall–Kier alpha value is -3.28. The van der Waals surface area contributed by atoms with Crippen LogP contribution in [0.15, 0.2) is 48.7 Å². The summed E-state index contributed by atoms with van der Waals surface area (Å²) in [6.45, 7) is 3.74. The van der Waals surface area contributed by atoms with Gasteiger partial charge in [0.05, 0.1) is 7.11 Å². The molecule has 6 nitrogen and oxygen atoms in total. The number of aromatic nitrogens is 1. The fourth-order valence-electron chi connectivity index (χ4n) is 3.20. The van der Waals surface area contributed by atoms with Crippen LogP contribution in [0.2, 0.25) is 0 Å². The van der Waals surface area contributed by atoms with Crippen LogP contribution >= 0.6 is 0 Å². The van der Waals surface area contributed by atoms with Gasteiger partial charge in [-0.25, -0.2) is 4.79 Å². The Kier molecular flexibility index (Phi) is 5.99. The lowest BCUT2D eigenvalue weighted by molar-refractivity contribution is -0.145. The van der Waals surface area contributed by atoms with Crippen molar-refractivity contribution in [1.29, 1.82) is 0 Å². The maximum atomic E-state index is 12.4. The normalized spacial score (nSPS) is 11.8. The van der Waals surface area contributed by atoms with Gasteiger partial charge < -0.3 is 19.8 Å². The fraction of sp³-hybridized carbons (Fsp3) is 0.273. The number of rotatable bonds is 7. The summed E-state index contributed by atoms with van der Waals surface area (Å²) in [5.74, 6) is -0.229. The van der Waals surface area contributed by atoms with E-state index >= 15 is 0 Å². The van der Waals surface area contributed by atoms with Gasteiger partial charge in [0.2, 0.25) is 0 Å². The smallest absolute Gasteiger partial charge is 0.328 e. The number of carbonyl (C=O) groups is 2. The van der Waals surface area contributed by atoms with Gasteiger partial charge in [0, 0.05) is 23.5 Å². The summed E-state index contributed by atoms with van der Waals surface area (Å²) in [5, 5.41) is 3.73. The largest absolute Gasteiger partial charge is 0.484 e. The van der Waals surface area contributed by atoms with Crippen LogP contribution in [-0.4, -0.2) is 36.6 Å². The van der Waals surface area contributed by atoms with Crippen LogP contribution in [0, 0.1) is 13.8 Å². The first kappa shape index (κ1) is 19.5. The summed E-state index contributed by atoms with van der Waals surface area (Å²) < 4.78 is 10.5. The first-order valence-electron chi connectivity index (χ1n) is 9.10. The van der Waals surface area contributed by atoms with Crippen molar-refractivity contribution >= 4 is 22.8 Å². The van der Waals surface area contributed by atoms with Gasteiger partial charge in [-0.1, -0.05) is 35.9 Å². The molecule has 1 amide bonds. The van der Waals surface area contributed by atoms with Crippen molar-refractivity contribution < 1.29 is 19.1 Å². The number of hydrogen-bond acceptors (Lipinski definition) is 4. The third-order valence-corrected chi connectivity index (χ3v) is 4.61. The quantitative estimate of drug-likeness (QED) is 0.618. The molecule has 0 aliphatic heterocycles. The summed E-state index contributed by atoms with van der Waals surface area (Å²) in [6, 6.07) is 12.8. The van der Waals surface area contributed by atoms with Crippen molar-refractivity contribution in [3.63, 3.8) is 0 Å². The lowest BCUT2D eigenvalue weighted by Crippen LogP contribution is -2.44. The minimum Gasteiger partial charge on any atom is -0.484 e. The molecule has 1 aromatic heterocycles. The molecule has 1 atom stereocenters. The number of carbonyl (C=O) groups excluding carboxylic acids is 2. The Morgan fingerprint density at radius 1 is 1.14 bits per heavy atom. The number of aryl methyl sites for hydroxylation is 2. The highest BCUT2D eigenvalue weighted by Crippen LogP contribution is 2.20. The predicted octanol–water partition coefficient (Wildman–Crippen LogP) is 3.06. The molecule has 2 N–H and O–H groups in total. The van der Waals surface area contributed by atoms with Gasteiger partial charge >= 0.3 is 5.97 Å². The number of hydrogen-bond donors (Lipinski definition) is 2. The van der Waals surface area contributed by atoms with Crippen molar-refractivity contribution in [3.05, 3.63) is 65.4 Å². The lowest BCUT2D eigenvalue weighted by atomic mass is 10.0. The first-order chi connectivity index (χ1) is 13.5. The maximum Gasteiger partial charge on any atom is 0.328 e. The number of para-hydroxylation sites is 1. The second-order valence-electron chi connectivity index (χ2n) is 6.76. The molecular formula is C22H24N2O4. The summed E-state index contributed by atoms with van der Waals surface area (Å²) in [6.07, 6.45) is 2.17. The molecule has 3 aromatic rings. The zero-order chi connectivity index (χ0) is 20.1. The minimum atomic E-state index is -0.792. The van der Waals surface area contributed by atoms with Gasteiger partial charge in [-0.05, 0) is 37.1 Å². The number of esters is 1. The van der Waals surface area contributed by atoms with E-state index in [4.69, 9.17) is 9.47 Å². The van der Waals surface area contributed by atoms with Crippen molar-refractivity contribution in [3.8, 4) is 5.75 Å². The van der Waals surface area contributed by atoms with Crippen molar-refractivity contribution in [2.24, 2.45) is 0 Å². The van der Waals surface area contributed by atoms with Crippen LogP contribution in [0.4, 0.5) is 0 Å². The number of nitrogens with one attached hydrogen (secondary N) is 2. The number of ether oxygens (including phenoxy) is 2. The van der Waals surface area contributed by atoms with Gasteiger partial charge in [0.25, 0.3) is 5.91 Å². The van der Waals surface area contributed by atoms with Crippen LogP contribution in [-0.2, 0) is 20.7 Å². The number of benzene rings is 2. The molecule has 0 bridgehead atoms. The van der Waals surface area contributed by atoms with Crippen LogP contribution < -0.4 is 10.1 Å². The number of fused-ring (bicyclic) bond motifs is 1. The Morgan fingerprint density at radius 3 is 2.68 bits per heavy atom. The zero-order valence-corrected chi connectivity index (χ0v) is 16.2. The zero-order valence-electron chi connectivity index (χ0n) is 16.2. The molecule has 0 aliphatic carbocycles. The molecule has 0 aliphatic rings. The van der Waals surface area contributed by atoms with E-state index < -0.39 is 12.0 Å². The Morgan fingerprint density at radius 2 is 1.93 bits per heavy atom. The number of aromatic amines is 1. The van der Waals surface area contributed by atoms with E-state index in [9.17, 15) is 9.59 Å². The monoisotopic (exact) mass is 380 g/mol. The van der Waals surface area contributed by atoms with E-state index in [0.717, 1.165) is 27.6 Å². The highest BCUT2D eigenvalue weighted by Gasteiger charge is 2.23. The average Bonchev–Trinajstić information content (AvgIpc) is 3.09. The highest BCUT2D eigenvalue weighted by atomic mass is 16.5. The molecule has 0 fully saturated rings. The van der Waals surface area contributed by atoms with Gasteiger partial charge in [-0.2, -0.15) is 0 Å². The van der Waals surface area contributed by atoms with Crippen LogP contribution in [0.1, 0.15) is 16.7 Å². The van der Waals surface area contributed by atoms with Crippen LogP contribution in [0.25, 0.3) is 10.9 Å². The Balaban J connectivity index is 1.66. The lowest BCUT2D eigenvalue weighted by Gasteiger charge is -2.17. The Bertz CT molecular complexity index is 993. The Labute approximate surface area is 163 Å². The highest BCUT2D eigenvalue weighted by molar-refractivity contribution is 5.87. The summed E-state index contributed by atoms with van der Waals surface area (Å²) in [4.78, 5) is 27.7. The molecule has 1 heterocycles. The van der Waals surface area contributed by atoms with E-state index in [0.29, 0.717) is 12.2 Å². The second kappa shape index (κ2) is 8.61. The van der Waals surface area contributed by atoms with Crippen LogP contribution in [0.5, 0.6) is 5.75 Å². The van der Waals surface area contributed by atoms with Gasteiger partial charge in [0.15, 0.2) is 6.61 Å². The van der Waals surface area contributed by atoms with E-state index in [1.807, 2.05) is 62.5 Å². The molecule has 0 saturated carbocycles. The standard InChI is InChI=1S/C22H24N2O4/c1-14-8-9-20(15(2)10-14)28-13-21(25)24-19(22(26)27-3)11-16-12-23-18-7-5-4-6-17(16)18/h4-10,12,19,23H,11,13H2,1-3H3,(H,24,25)/t19-/m1/s1. The van der Waals surface area contributed by atoms with E-state index in [1.54, 1.807) is 0 Å². The molecule has 146 valence electrons. The number of amides is 1. The maximum absolute atomic E-state index is 12.4. The van der Waals surface area contributed by atoms with E-state index in [2.05, 4.69) is 10.3 Å². The SMILES string of the molecule is COC(=O)[C@@H](Cc1c[nH]c2ccccc12)NC(=O)COc1ccc(C)cc1C. The summed E-state index contributed by atoms with van der Waals surface area (Å²) in [7, 11) is 1.31. The van der Waals surface area contributed by atoms with Gasteiger partial charge in [0.1, 0.15) is 11.8 Å². The van der Waals surface area contributed by atoms with Crippen molar-refractivity contribution in [2.75, 3.05) is 13.7 Å². The minimum absolute atomic E-state index is 0.175. The summed E-state index contributed by atoms with van der Waals surface area (Å²) >= 11 is 0. The first-order valence-corrected chi connectivity index (χ1v) is 9.10. The second-order valence-corrected chi connectivity index (χ2v) is 6.76. The molecule has 0 spiro atoms. The molecular weight excluding hydrogens is 356 g/mol. The van der Waals surface area contributed by atoms with Gasteiger partial charge in [-0.3, -0.25) is 4.79 Å². The molecule has 0 radical (unpaired) electrons. The average molecular weight is 380 g/mol. The van der Waals surface area contributed by atoms with Gasteiger partial charge in [-0.15, -0.1) is 0 Å². The van der Waals surface area contributed by atoms with Crippen LogP contribution in [0.3, 0.4) is 0 Å². The number of methoxy groups -OCH3 is 1. The third kappa shape index (κ3) is 4.52. The molecule has 6 heteroatoms. The molecule has 2 aromatic carbocycles. The predicted molar refractivity (Wildman–Crippen MR) is 107 cm³/mol. The third-order valence-electron chi connectivity index (χ3n) is 4.61. The topological polar surface area (TPSA) is 80.4 Å². The van der Waals surface area contributed by atoms with E-state index in [-0.39, 0.29) is 12.5 Å². The van der Waals surface area contributed by atoms with Crippen molar-refractivity contribution in [2.45, 2.75) is 26.3 Å². The molecule has 0 saturated heterocycles. The van der Waals surface area contributed by atoms with E-state index in [1.165, 1.54) is 7.11 Å². The molecule has 28 heavy (non-hydrogen) atoms. The fourth-order valence-corrected chi connectivity index (χ4v) is 3.20. The molecule has 0 unspecified atom stereocenters. The summed E-state index contributed by atoms with van der Waals surface area (Å²) in [5.41, 5.74) is 3.99. The number of H-pyrrole nitrogens is 1.